The average Bonchev–Trinajstić information content (AvgIpc) is 3.23. The molecule has 212 valence electrons. The highest BCUT2D eigenvalue weighted by molar-refractivity contribution is 5.69. The van der Waals surface area contributed by atoms with Crippen molar-refractivity contribution in [2.75, 3.05) is 0 Å². The molecule has 3 saturated carbocycles. The lowest BCUT2D eigenvalue weighted by Crippen LogP contribution is -2.47. The number of ether oxygens (including phenoxy) is 1. The van der Waals surface area contributed by atoms with Crippen LogP contribution in [-0.4, -0.2) is 12.1 Å². The van der Waals surface area contributed by atoms with Gasteiger partial charge in [0.15, 0.2) is 0 Å². The fourth-order valence-electron chi connectivity index (χ4n) is 9.65. The van der Waals surface area contributed by atoms with Crippen molar-refractivity contribution in [1.82, 2.24) is 0 Å². The lowest BCUT2D eigenvalue weighted by Gasteiger charge is -2.54. The van der Waals surface area contributed by atoms with Crippen LogP contribution in [0, 0.1) is 46.8 Å². The minimum absolute atomic E-state index is 0.0566. The first-order valence-corrected chi connectivity index (χ1v) is 16.7. The molecule has 0 radical (unpaired) electrons. The van der Waals surface area contributed by atoms with E-state index in [0.717, 1.165) is 60.7 Å². The first-order valence-electron chi connectivity index (χ1n) is 16.7. The predicted molar refractivity (Wildman–Crippen MR) is 156 cm³/mol. The molecule has 4 aliphatic carbocycles. The molecule has 0 aliphatic heterocycles. The Morgan fingerprint density at radius 1 is 0.946 bits per heavy atom. The van der Waals surface area contributed by atoms with Crippen LogP contribution in [0.3, 0.4) is 0 Å². The van der Waals surface area contributed by atoms with Gasteiger partial charge in [0.25, 0.3) is 0 Å². The summed E-state index contributed by atoms with van der Waals surface area (Å²) in [4.78, 5) is 12.5. The van der Waals surface area contributed by atoms with Crippen molar-refractivity contribution in [1.29, 1.82) is 0 Å². The molecule has 4 aliphatic rings. The number of unbranched alkanes of at least 4 members (excludes halogenated alkanes) is 5. The zero-order valence-corrected chi connectivity index (χ0v) is 25.2. The van der Waals surface area contributed by atoms with E-state index in [2.05, 4.69) is 40.7 Å². The van der Waals surface area contributed by atoms with Crippen LogP contribution in [0.1, 0.15) is 150 Å². The number of hydrogen-bond acceptors (Lipinski definition) is 2. The van der Waals surface area contributed by atoms with E-state index in [1.54, 1.807) is 5.57 Å². The summed E-state index contributed by atoms with van der Waals surface area (Å²) in [7, 11) is 0. The summed E-state index contributed by atoms with van der Waals surface area (Å²) in [6, 6.07) is 0. The van der Waals surface area contributed by atoms with Crippen molar-refractivity contribution in [2.45, 2.75) is 156 Å². The van der Waals surface area contributed by atoms with Crippen LogP contribution in [0.4, 0.5) is 0 Å². The maximum absolute atomic E-state index is 12.5. The lowest BCUT2D eigenvalue weighted by atomic mass is 9.51. The minimum Gasteiger partial charge on any atom is -0.462 e. The first kappa shape index (κ1) is 29.2. The Kier molecular flexibility index (Phi) is 10.7. The second-order valence-corrected chi connectivity index (χ2v) is 14.5. The smallest absolute Gasteiger partial charge is 0.306 e. The Labute approximate surface area is 230 Å². The molecule has 2 heteroatoms. The van der Waals surface area contributed by atoms with Crippen molar-refractivity contribution in [3.63, 3.8) is 0 Å². The molecule has 0 aromatic heterocycles. The van der Waals surface area contributed by atoms with Gasteiger partial charge < -0.3 is 4.74 Å². The van der Waals surface area contributed by atoms with Gasteiger partial charge in [-0.1, -0.05) is 97.6 Å². The molecule has 0 N–H and O–H groups in total. The van der Waals surface area contributed by atoms with Gasteiger partial charge in [0.05, 0.1) is 0 Å². The number of fused-ring (bicyclic) bond motifs is 5. The molecule has 3 fully saturated rings. The van der Waals surface area contributed by atoms with E-state index < -0.39 is 0 Å². The van der Waals surface area contributed by atoms with Crippen LogP contribution < -0.4 is 0 Å². The van der Waals surface area contributed by atoms with Gasteiger partial charge in [-0.25, -0.2) is 0 Å². The second kappa shape index (κ2) is 13.5. The third-order valence-electron chi connectivity index (χ3n) is 11.6. The lowest BCUT2D eigenvalue weighted by molar-refractivity contribution is -0.150. The molecule has 8 atom stereocenters. The standard InChI is InChI=1S/C35H60O2/c1-6-7-8-9-10-11-15-34(36)37-28-17-19-29-27(24-28)16-18-31-30(29)22-23-35(5)32(20-21-33(31)35)26(4)14-12-13-25(2)3/h16,25-26,28-33H,6-15,17-24H2,1-5H3/t26?,28-,29?,30?,31?,32+,33?,35+/m0/s1. The second-order valence-electron chi connectivity index (χ2n) is 14.5. The Morgan fingerprint density at radius 3 is 2.51 bits per heavy atom. The van der Waals surface area contributed by atoms with Gasteiger partial charge >= 0.3 is 5.97 Å². The summed E-state index contributed by atoms with van der Waals surface area (Å²) >= 11 is 0. The largest absolute Gasteiger partial charge is 0.462 e. The molecular formula is C35H60O2. The summed E-state index contributed by atoms with van der Waals surface area (Å²) in [5, 5.41) is 0. The molecule has 0 heterocycles. The van der Waals surface area contributed by atoms with E-state index in [9.17, 15) is 4.79 Å². The van der Waals surface area contributed by atoms with Gasteiger partial charge in [0.2, 0.25) is 0 Å². The first-order chi connectivity index (χ1) is 17.8. The molecule has 0 aromatic carbocycles. The SMILES string of the molecule is CCCCCCCCC(=O)O[C@H]1CCC2C(=CCC3C2CC[C@@]2(C)C3CC[C@@H]2C(C)CCCC(C)C)C1. The maximum Gasteiger partial charge on any atom is 0.306 e. The van der Waals surface area contributed by atoms with Gasteiger partial charge in [0, 0.05) is 12.8 Å². The molecule has 0 bridgehead atoms. The summed E-state index contributed by atoms with van der Waals surface area (Å²) in [6.45, 7) is 12.3. The van der Waals surface area contributed by atoms with Gasteiger partial charge in [-0.15, -0.1) is 0 Å². The fourth-order valence-corrected chi connectivity index (χ4v) is 9.65. The van der Waals surface area contributed by atoms with E-state index in [1.165, 1.54) is 89.9 Å². The Balaban J connectivity index is 1.27. The van der Waals surface area contributed by atoms with Gasteiger partial charge in [-0.2, -0.15) is 0 Å². The molecule has 0 aromatic rings. The zero-order chi connectivity index (χ0) is 26.4. The number of carbonyl (C=O) groups excluding carboxylic acids is 1. The summed E-state index contributed by atoms with van der Waals surface area (Å²) in [5.41, 5.74) is 2.23. The number of hydrogen-bond donors (Lipinski definition) is 0. The number of carbonyl (C=O) groups is 1. The third-order valence-corrected chi connectivity index (χ3v) is 11.6. The summed E-state index contributed by atoms with van der Waals surface area (Å²) in [6.07, 6.45) is 25.5. The Hall–Kier alpha value is -0.790. The van der Waals surface area contributed by atoms with Crippen LogP contribution >= 0.6 is 0 Å². The molecule has 37 heavy (non-hydrogen) atoms. The van der Waals surface area contributed by atoms with Crippen molar-refractivity contribution in [2.24, 2.45) is 46.8 Å². The van der Waals surface area contributed by atoms with E-state index in [4.69, 9.17) is 4.74 Å². The number of rotatable bonds is 13. The molecule has 5 unspecified atom stereocenters. The van der Waals surface area contributed by atoms with Gasteiger partial charge in [0.1, 0.15) is 6.10 Å². The van der Waals surface area contributed by atoms with Gasteiger partial charge in [-0.3, -0.25) is 4.79 Å². The van der Waals surface area contributed by atoms with Crippen molar-refractivity contribution in [3.05, 3.63) is 11.6 Å². The molecule has 2 nitrogen and oxygen atoms in total. The van der Waals surface area contributed by atoms with E-state index in [1.807, 2.05) is 0 Å². The normalized spacial score (nSPS) is 35.9. The highest BCUT2D eigenvalue weighted by Crippen LogP contribution is 2.64. The highest BCUT2D eigenvalue weighted by Gasteiger charge is 2.56. The van der Waals surface area contributed by atoms with E-state index in [0.29, 0.717) is 11.8 Å². The van der Waals surface area contributed by atoms with Crippen molar-refractivity contribution >= 4 is 5.97 Å². The zero-order valence-electron chi connectivity index (χ0n) is 25.2. The number of allylic oxidation sites excluding steroid dienone is 1. The van der Waals surface area contributed by atoms with Crippen LogP contribution in [0.15, 0.2) is 11.6 Å². The number of esters is 1. The van der Waals surface area contributed by atoms with E-state index >= 15 is 0 Å². The monoisotopic (exact) mass is 512 g/mol. The van der Waals surface area contributed by atoms with Crippen molar-refractivity contribution < 1.29 is 9.53 Å². The van der Waals surface area contributed by atoms with Crippen LogP contribution in [0.2, 0.25) is 0 Å². The molecule has 4 rings (SSSR count). The Morgan fingerprint density at radius 2 is 1.73 bits per heavy atom. The average molecular weight is 513 g/mol. The predicted octanol–water partition coefficient (Wildman–Crippen LogP) is 10.3. The third kappa shape index (κ3) is 7.05. The molecule has 0 spiro atoms. The summed E-state index contributed by atoms with van der Waals surface area (Å²) < 4.78 is 6.00. The quantitative estimate of drug-likeness (QED) is 0.139. The topological polar surface area (TPSA) is 26.3 Å². The molecule has 0 saturated heterocycles. The van der Waals surface area contributed by atoms with Crippen LogP contribution in [0.5, 0.6) is 0 Å². The Bertz CT molecular complexity index is 752. The summed E-state index contributed by atoms with van der Waals surface area (Å²) in [5.74, 6) is 6.26. The van der Waals surface area contributed by atoms with Crippen LogP contribution in [0.25, 0.3) is 0 Å². The van der Waals surface area contributed by atoms with Gasteiger partial charge in [-0.05, 0) is 98.2 Å². The van der Waals surface area contributed by atoms with Crippen molar-refractivity contribution in [3.8, 4) is 0 Å². The maximum atomic E-state index is 12.5. The highest BCUT2D eigenvalue weighted by atomic mass is 16.5. The fraction of sp³-hybridized carbons (Fsp3) is 0.914. The minimum atomic E-state index is 0.0566. The van der Waals surface area contributed by atoms with E-state index in [-0.39, 0.29) is 12.1 Å². The molecule has 0 amide bonds. The molecular weight excluding hydrogens is 452 g/mol. The van der Waals surface area contributed by atoms with Crippen LogP contribution in [-0.2, 0) is 9.53 Å².